The van der Waals surface area contributed by atoms with Crippen molar-refractivity contribution in [2.24, 2.45) is 0 Å². The van der Waals surface area contributed by atoms with Crippen molar-refractivity contribution in [3.63, 3.8) is 0 Å². The molecule has 0 aliphatic rings. The van der Waals surface area contributed by atoms with Gasteiger partial charge in [0.2, 0.25) is 5.91 Å². The summed E-state index contributed by atoms with van der Waals surface area (Å²) in [5, 5.41) is 2.44. The molecule has 2 amide bonds. The van der Waals surface area contributed by atoms with Crippen LogP contribution in [-0.2, 0) is 16.1 Å². The molecule has 0 aliphatic carbocycles. The van der Waals surface area contributed by atoms with Crippen LogP contribution in [0.1, 0.15) is 61.3 Å². The normalized spacial score (nSPS) is 11.1. The van der Waals surface area contributed by atoms with Crippen LogP contribution in [0.5, 0.6) is 0 Å². The highest BCUT2D eigenvalue weighted by molar-refractivity contribution is 5.82. The van der Waals surface area contributed by atoms with Gasteiger partial charge in [-0.05, 0) is 19.8 Å². The Bertz CT molecular complexity index is 498. The molecule has 1 aromatic rings. The predicted octanol–water partition coefficient (Wildman–Crippen LogP) is 3.50. The monoisotopic (exact) mass is 344 g/mol. The molecule has 0 aliphatic heterocycles. The van der Waals surface area contributed by atoms with Gasteiger partial charge < -0.3 is 19.9 Å². The molecule has 1 atom stereocenters. The van der Waals surface area contributed by atoms with Crippen molar-refractivity contribution >= 4 is 12.0 Å². The first kappa shape index (κ1) is 21.9. The number of nitrogens with one attached hydrogen (secondary N) is 2. The zero-order chi connectivity index (χ0) is 18.5. The number of alkyl carbamates (subject to hydrolysis) is 1. The Morgan fingerprint density at radius 1 is 1.42 bits per heavy atom. The Kier molecular flexibility index (Phi) is 11.3. The quantitative estimate of drug-likeness (QED) is 0.755. The van der Waals surface area contributed by atoms with Crippen LogP contribution in [0.3, 0.4) is 0 Å². The number of hydrogen-bond acceptors (Lipinski definition) is 4. The van der Waals surface area contributed by atoms with E-state index in [1.165, 1.54) is 7.11 Å². The second-order valence-corrected chi connectivity index (χ2v) is 5.23. The zero-order valence-electron chi connectivity index (χ0n) is 15.8. The molecule has 0 spiro atoms. The standard InChI is InChI=1S/C15H26N4O3.C2H6.2H2/c1-5-7-12(6-2)19(10-13-16-8-11(3)18-13)14(20)9-17-15(21)22-4;1-2;;/h8,12H,5-7,9-10H2,1-4H3,(H,16,18)(H,17,21);1-2H3;2*1H/t12-;;;/m1.../s1. The fraction of sp³-hybridized carbons (Fsp3) is 0.706. The number of ether oxygens (including phenoxy) is 1. The molecule has 2 N–H and O–H groups in total. The molecule has 0 saturated heterocycles. The fourth-order valence-electron chi connectivity index (χ4n) is 2.36. The molecule has 0 saturated carbocycles. The molecule has 0 aromatic carbocycles. The maximum absolute atomic E-state index is 12.5. The van der Waals surface area contributed by atoms with Gasteiger partial charge in [0.1, 0.15) is 12.4 Å². The van der Waals surface area contributed by atoms with Crippen LogP contribution in [-0.4, -0.2) is 46.6 Å². The summed E-state index contributed by atoms with van der Waals surface area (Å²) < 4.78 is 4.50. The first-order chi connectivity index (χ1) is 11.5. The van der Waals surface area contributed by atoms with Crippen LogP contribution >= 0.6 is 0 Å². The molecule has 1 heterocycles. The van der Waals surface area contributed by atoms with Crippen molar-refractivity contribution in [3.05, 3.63) is 17.7 Å². The van der Waals surface area contributed by atoms with E-state index in [4.69, 9.17) is 0 Å². The number of H-pyrrole nitrogens is 1. The topological polar surface area (TPSA) is 87.3 Å². The number of carbonyl (C=O) groups is 2. The molecule has 0 radical (unpaired) electrons. The minimum Gasteiger partial charge on any atom is -0.453 e. The average Bonchev–Trinajstić information content (AvgIpc) is 3.02. The summed E-state index contributed by atoms with van der Waals surface area (Å²) in [5.74, 6) is 0.609. The van der Waals surface area contributed by atoms with E-state index < -0.39 is 6.09 Å². The summed E-state index contributed by atoms with van der Waals surface area (Å²) in [4.78, 5) is 32.8. The first-order valence-corrected chi connectivity index (χ1v) is 8.63. The summed E-state index contributed by atoms with van der Waals surface area (Å²) in [7, 11) is 1.27. The van der Waals surface area contributed by atoms with E-state index in [9.17, 15) is 9.59 Å². The fourth-order valence-corrected chi connectivity index (χ4v) is 2.36. The van der Waals surface area contributed by atoms with Gasteiger partial charge in [0.05, 0.1) is 13.7 Å². The van der Waals surface area contributed by atoms with Crippen LogP contribution < -0.4 is 5.32 Å². The minimum atomic E-state index is -0.606. The van der Waals surface area contributed by atoms with Crippen molar-refractivity contribution in [3.8, 4) is 0 Å². The first-order valence-electron chi connectivity index (χ1n) is 8.63. The highest BCUT2D eigenvalue weighted by Gasteiger charge is 2.23. The van der Waals surface area contributed by atoms with Gasteiger partial charge in [-0.25, -0.2) is 9.78 Å². The van der Waals surface area contributed by atoms with Crippen molar-refractivity contribution in [1.82, 2.24) is 20.2 Å². The van der Waals surface area contributed by atoms with E-state index in [0.717, 1.165) is 30.8 Å². The molecule has 0 bridgehead atoms. The zero-order valence-corrected chi connectivity index (χ0v) is 15.8. The number of aromatic nitrogens is 2. The van der Waals surface area contributed by atoms with E-state index in [1.807, 2.05) is 20.8 Å². The average molecular weight is 344 g/mol. The van der Waals surface area contributed by atoms with Gasteiger partial charge in [0, 0.05) is 20.8 Å². The molecule has 24 heavy (non-hydrogen) atoms. The predicted molar refractivity (Wildman–Crippen MR) is 98.8 cm³/mol. The third-order valence-electron chi connectivity index (χ3n) is 3.50. The lowest BCUT2D eigenvalue weighted by molar-refractivity contribution is -0.133. The number of methoxy groups -OCH3 is 1. The number of imidazole rings is 1. The summed E-state index contributed by atoms with van der Waals surface area (Å²) in [6.45, 7) is 10.4. The molecular formula is C17H36N4O3. The molecule has 1 aromatic heterocycles. The molecule has 7 heteroatoms. The van der Waals surface area contributed by atoms with Crippen LogP contribution in [0, 0.1) is 6.92 Å². The van der Waals surface area contributed by atoms with Crippen LogP contribution in [0.2, 0.25) is 0 Å². The Hall–Kier alpha value is -2.05. The van der Waals surface area contributed by atoms with Crippen molar-refractivity contribution in [1.29, 1.82) is 0 Å². The van der Waals surface area contributed by atoms with Gasteiger partial charge in [-0.15, -0.1) is 0 Å². The van der Waals surface area contributed by atoms with E-state index in [0.29, 0.717) is 6.54 Å². The van der Waals surface area contributed by atoms with E-state index in [1.54, 1.807) is 11.1 Å². The highest BCUT2D eigenvalue weighted by Crippen LogP contribution is 2.14. The summed E-state index contributed by atoms with van der Waals surface area (Å²) >= 11 is 0. The van der Waals surface area contributed by atoms with Crippen LogP contribution in [0.4, 0.5) is 4.79 Å². The largest absolute Gasteiger partial charge is 0.453 e. The second-order valence-electron chi connectivity index (χ2n) is 5.23. The maximum Gasteiger partial charge on any atom is 0.407 e. The van der Waals surface area contributed by atoms with Crippen molar-refractivity contribution in [2.45, 2.75) is 66.5 Å². The minimum absolute atomic E-state index is 0. The third-order valence-corrected chi connectivity index (χ3v) is 3.50. The second kappa shape index (κ2) is 12.4. The van der Waals surface area contributed by atoms with Crippen LogP contribution in [0.15, 0.2) is 6.20 Å². The van der Waals surface area contributed by atoms with Gasteiger partial charge in [0.15, 0.2) is 0 Å². The summed E-state index contributed by atoms with van der Waals surface area (Å²) in [6, 6.07) is 0.127. The Morgan fingerprint density at radius 3 is 2.54 bits per heavy atom. The number of rotatable bonds is 8. The molecule has 0 unspecified atom stereocenters. The SMILES string of the molecule is CC.CCC[C@@H](CC)N(Cc1ncc(C)[nH]1)C(=O)CNC(=O)OC.[HH].[HH]. The summed E-state index contributed by atoms with van der Waals surface area (Å²) in [6.07, 6.45) is 3.90. The summed E-state index contributed by atoms with van der Waals surface area (Å²) in [5.41, 5.74) is 0.957. The lowest BCUT2D eigenvalue weighted by Gasteiger charge is -2.30. The lowest BCUT2D eigenvalue weighted by atomic mass is 10.1. The maximum atomic E-state index is 12.5. The number of carbonyl (C=O) groups excluding carboxylic acids is 2. The highest BCUT2D eigenvalue weighted by atomic mass is 16.5. The van der Waals surface area contributed by atoms with Crippen molar-refractivity contribution in [2.75, 3.05) is 13.7 Å². The number of aromatic amines is 1. The Labute approximate surface area is 148 Å². The number of amides is 2. The molecule has 0 fully saturated rings. The van der Waals surface area contributed by atoms with E-state index in [2.05, 4.69) is 33.9 Å². The van der Waals surface area contributed by atoms with E-state index in [-0.39, 0.29) is 21.3 Å². The van der Waals surface area contributed by atoms with Gasteiger partial charge in [-0.2, -0.15) is 0 Å². The number of hydrogen-bond donors (Lipinski definition) is 2. The van der Waals surface area contributed by atoms with Gasteiger partial charge >= 0.3 is 6.09 Å². The van der Waals surface area contributed by atoms with Crippen molar-refractivity contribution < 1.29 is 17.2 Å². The van der Waals surface area contributed by atoms with Gasteiger partial charge in [-0.1, -0.05) is 34.1 Å². The third kappa shape index (κ3) is 7.48. The molecular weight excluding hydrogens is 308 g/mol. The van der Waals surface area contributed by atoms with Gasteiger partial charge in [0.25, 0.3) is 0 Å². The van der Waals surface area contributed by atoms with Crippen LogP contribution in [0.25, 0.3) is 0 Å². The van der Waals surface area contributed by atoms with Gasteiger partial charge in [-0.3, -0.25) is 4.79 Å². The number of nitrogens with zero attached hydrogens (tertiary/aromatic N) is 2. The number of aryl methyl sites for hydroxylation is 1. The Morgan fingerprint density at radius 2 is 2.08 bits per heavy atom. The molecule has 7 nitrogen and oxygen atoms in total. The molecule has 142 valence electrons. The Balaban J connectivity index is -0.00000127. The lowest BCUT2D eigenvalue weighted by Crippen LogP contribution is -2.45. The molecule has 1 rings (SSSR count). The smallest absolute Gasteiger partial charge is 0.407 e. The van der Waals surface area contributed by atoms with E-state index >= 15 is 0 Å².